The van der Waals surface area contributed by atoms with Gasteiger partial charge in [-0.1, -0.05) is 63.9 Å². The second-order valence-electron chi connectivity index (χ2n) is 4.95. The second kappa shape index (κ2) is 6.04. The lowest BCUT2D eigenvalue weighted by molar-refractivity contribution is 0.0950. The summed E-state index contributed by atoms with van der Waals surface area (Å²) in [7, 11) is 0. The third-order valence-corrected chi connectivity index (χ3v) is 4.37. The van der Waals surface area contributed by atoms with Crippen molar-refractivity contribution >= 4 is 39.4 Å². The first-order valence-corrected chi connectivity index (χ1v) is 7.79. The zero-order valence-electron chi connectivity index (χ0n) is 11.2. The van der Waals surface area contributed by atoms with Gasteiger partial charge in [-0.15, -0.1) is 0 Å². The minimum absolute atomic E-state index is 0.0634. The van der Waals surface area contributed by atoms with Gasteiger partial charge in [-0.3, -0.25) is 4.79 Å². The van der Waals surface area contributed by atoms with Crippen molar-refractivity contribution < 1.29 is 4.79 Å². The molecule has 1 aliphatic rings. The smallest absolute Gasteiger partial charge is 0.182 e. The molecule has 0 bridgehead atoms. The van der Waals surface area contributed by atoms with Gasteiger partial charge in [0.05, 0.1) is 6.54 Å². The number of halogens is 2. The van der Waals surface area contributed by atoms with E-state index in [9.17, 15) is 4.79 Å². The summed E-state index contributed by atoms with van der Waals surface area (Å²) in [4.78, 5) is 14.2. The van der Waals surface area contributed by atoms with Crippen molar-refractivity contribution in [2.24, 2.45) is 0 Å². The maximum Gasteiger partial charge on any atom is 0.182 e. The summed E-state index contributed by atoms with van der Waals surface area (Å²) in [5.41, 5.74) is 3.00. The fourth-order valence-electron chi connectivity index (χ4n) is 2.35. The quantitative estimate of drug-likeness (QED) is 0.583. The number of ketones is 1. The summed E-state index contributed by atoms with van der Waals surface area (Å²) in [5, 5.41) is 0.610. The van der Waals surface area contributed by atoms with Gasteiger partial charge < -0.3 is 4.90 Å². The fraction of sp³-hybridized carbons (Fsp3) is 0.118. The van der Waals surface area contributed by atoms with Gasteiger partial charge in [0.25, 0.3) is 0 Å². The number of carbonyl (C=O) groups excluding carboxylic acids is 1. The number of fused-ring (bicyclic) bond motifs is 1. The number of benzene rings is 2. The van der Waals surface area contributed by atoms with Gasteiger partial charge in [0.1, 0.15) is 5.16 Å². The highest BCUT2D eigenvalue weighted by Crippen LogP contribution is 2.26. The van der Waals surface area contributed by atoms with Crippen LogP contribution in [0, 0.1) is 0 Å². The van der Waals surface area contributed by atoms with Crippen molar-refractivity contribution in [3.8, 4) is 0 Å². The van der Waals surface area contributed by atoms with Crippen LogP contribution in [0.15, 0.2) is 58.2 Å². The van der Waals surface area contributed by atoms with E-state index in [1.54, 1.807) is 0 Å². The van der Waals surface area contributed by atoms with E-state index in [-0.39, 0.29) is 12.3 Å². The van der Waals surface area contributed by atoms with E-state index in [0.717, 1.165) is 10.0 Å². The normalized spacial score (nSPS) is 13.6. The molecule has 1 heterocycles. The summed E-state index contributed by atoms with van der Waals surface area (Å²) in [6, 6.07) is 15.5. The number of hydrogen-bond donors (Lipinski definition) is 0. The van der Waals surface area contributed by atoms with Gasteiger partial charge in [-0.25, -0.2) is 0 Å². The zero-order chi connectivity index (χ0) is 14.8. The molecule has 106 valence electrons. The molecule has 2 aromatic rings. The SMILES string of the molecule is O=C(CN1Cc2ccccc2C=C1Cl)c1ccc(Br)cc1. The minimum atomic E-state index is 0.0634. The lowest BCUT2D eigenvalue weighted by atomic mass is 10.0. The molecule has 0 atom stereocenters. The molecule has 1 aliphatic heterocycles. The van der Waals surface area contributed by atoms with Crippen LogP contribution in [0.25, 0.3) is 6.08 Å². The van der Waals surface area contributed by atoms with Crippen LogP contribution in [0.4, 0.5) is 0 Å². The fourth-order valence-corrected chi connectivity index (χ4v) is 2.85. The van der Waals surface area contributed by atoms with Crippen molar-refractivity contribution in [2.75, 3.05) is 6.54 Å². The molecule has 2 nitrogen and oxygen atoms in total. The average molecular weight is 363 g/mol. The van der Waals surface area contributed by atoms with Gasteiger partial charge in [0, 0.05) is 16.6 Å². The Kier molecular flexibility index (Phi) is 4.13. The van der Waals surface area contributed by atoms with Crippen LogP contribution >= 0.6 is 27.5 Å². The maximum atomic E-state index is 12.3. The van der Waals surface area contributed by atoms with Crippen molar-refractivity contribution in [1.82, 2.24) is 4.90 Å². The molecule has 4 heteroatoms. The number of Topliss-reactive ketones (excluding diaryl/α,β-unsaturated/α-hetero) is 1. The van der Waals surface area contributed by atoms with E-state index in [1.165, 1.54) is 5.56 Å². The first-order chi connectivity index (χ1) is 10.1. The molecule has 0 radical (unpaired) electrons. The van der Waals surface area contributed by atoms with Gasteiger partial charge in [0.2, 0.25) is 0 Å². The van der Waals surface area contributed by atoms with E-state index in [2.05, 4.69) is 22.0 Å². The van der Waals surface area contributed by atoms with E-state index in [4.69, 9.17) is 11.6 Å². The molecular formula is C17H13BrClNO. The molecule has 0 amide bonds. The molecule has 0 aromatic heterocycles. The molecule has 0 spiro atoms. The zero-order valence-corrected chi connectivity index (χ0v) is 13.6. The van der Waals surface area contributed by atoms with Crippen molar-refractivity contribution in [2.45, 2.75) is 6.54 Å². The van der Waals surface area contributed by atoms with Crippen LogP contribution in [0.1, 0.15) is 21.5 Å². The molecular weight excluding hydrogens is 350 g/mol. The number of hydrogen-bond acceptors (Lipinski definition) is 2. The third kappa shape index (κ3) is 3.20. The average Bonchev–Trinajstić information content (AvgIpc) is 2.48. The molecule has 0 fully saturated rings. The van der Waals surface area contributed by atoms with E-state index < -0.39 is 0 Å². The lowest BCUT2D eigenvalue weighted by Gasteiger charge is -2.28. The van der Waals surface area contributed by atoms with Crippen LogP contribution in [-0.4, -0.2) is 17.2 Å². The Balaban J connectivity index is 1.77. The standard InChI is InChI=1S/C17H13BrClNO/c18-15-7-5-12(6-8-15)16(21)11-20-10-14-4-2-1-3-13(14)9-17(20)19/h1-9H,10-11H2. The highest BCUT2D eigenvalue weighted by atomic mass is 79.9. The van der Waals surface area contributed by atoms with Crippen LogP contribution in [0.5, 0.6) is 0 Å². The molecule has 0 unspecified atom stereocenters. The molecule has 3 rings (SSSR count). The van der Waals surface area contributed by atoms with Crippen LogP contribution < -0.4 is 0 Å². The topological polar surface area (TPSA) is 20.3 Å². The predicted molar refractivity (Wildman–Crippen MR) is 89.2 cm³/mol. The summed E-state index contributed by atoms with van der Waals surface area (Å²) >= 11 is 9.66. The largest absolute Gasteiger partial charge is 0.350 e. The third-order valence-electron chi connectivity index (χ3n) is 3.49. The van der Waals surface area contributed by atoms with Gasteiger partial charge >= 0.3 is 0 Å². The summed E-state index contributed by atoms with van der Waals surface area (Å²) in [5.74, 6) is 0.0634. The van der Waals surface area contributed by atoms with E-state index >= 15 is 0 Å². The highest BCUT2D eigenvalue weighted by molar-refractivity contribution is 9.10. The van der Waals surface area contributed by atoms with Crippen LogP contribution in [-0.2, 0) is 6.54 Å². The molecule has 0 N–H and O–H groups in total. The van der Waals surface area contributed by atoms with Crippen molar-refractivity contribution in [3.05, 3.63) is 74.9 Å². The summed E-state index contributed by atoms with van der Waals surface area (Å²) in [6.45, 7) is 0.944. The molecule has 0 aliphatic carbocycles. The molecule has 21 heavy (non-hydrogen) atoms. The number of carbonyl (C=O) groups is 1. The van der Waals surface area contributed by atoms with Crippen LogP contribution in [0.2, 0.25) is 0 Å². The monoisotopic (exact) mass is 361 g/mol. The number of rotatable bonds is 3. The Hall–Kier alpha value is -1.58. The minimum Gasteiger partial charge on any atom is -0.350 e. The van der Waals surface area contributed by atoms with Gasteiger partial charge in [-0.2, -0.15) is 0 Å². The van der Waals surface area contributed by atoms with Crippen molar-refractivity contribution in [1.29, 1.82) is 0 Å². The Morgan fingerprint density at radius 3 is 2.62 bits per heavy atom. The van der Waals surface area contributed by atoms with Crippen molar-refractivity contribution in [3.63, 3.8) is 0 Å². The highest BCUT2D eigenvalue weighted by Gasteiger charge is 2.19. The molecule has 0 saturated heterocycles. The van der Waals surface area contributed by atoms with E-state index in [1.807, 2.05) is 53.4 Å². The Morgan fingerprint density at radius 2 is 1.86 bits per heavy atom. The van der Waals surface area contributed by atoms with Gasteiger partial charge in [0.15, 0.2) is 5.78 Å². The number of nitrogens with zero attached hydrogens (tertiary/aromatic N) is 1. The summed E-state index contributed by atoms with van der Waals surface area (Å²) < 4.78 is 0.962. The first-order valence-electron chi connectivity index (χ1n) is 6.62. The lowest BCUT2D eigenvalue weighted by Crippen LogP contribution is -2.29. The summed E-state index contributed by atoms with van der Waals surface area (Å²) in [6.07, 6.45) is 1.91. The Labute approximate surface area is 137 Å². The van der Waals surface area contributed by atoms with E-state index in [0.29, 0.717) is 17.3 Å². The molecule has 2 aromatic carbocycles. The predicted octanol–water partition coefficient (Wildman–Crippen LogP) is 4.68. The second-order valence-corrected chi connectivity index (χ2v) is 6.25. The molecule has 0 saturated carbocycles. The Bertz CT molecular complexity index is 709. The first kappa shape index (κ1) is 14.4. The Morgan fingerprint density at radius 1 is 1.14 bits per heavy atom. The van der Waals surface area contributed by atoms with Crippen LogP contribution in [0.3, 0.4) is 0 Å². The maximum absolute atomic E-state index is 12.3. The van der Waals surface area contributed by atoms with Gasteiger partial charge in [-0.05, 0) is 29.3 Å².